The van der Waals surface area contributed by atoms with Crippen molar-refractivity contribution >= 4 is 11.6 Å². The molecule has 1 aromatic heterocycles. The summed E-state index contributed by atoms with van der Waals surface area (Å²) in [6.45, 7) is 0. The fourth-order valence-corrected chi connectivity index (χ4v) is 1.83. The lowest BCUT2D eigenvalue weighted by molar-refractivity contribution is -0.140. The number of alkyl halides is 3. The Morgan fingerprint density at radius 3 is 2.37 bits per heavy atom. The van der Waals surface area contributed by atoms with E-state index in [4.69, 9.17) is 16.0 Å². The maximum atomic E-state index is 13.4. The second-order valence-electron chi connectivity index (χ2n) is 3.79. The Balaban J connectivity index is 2.38. The monoisotopic (exact) mass is 294 g/mol. The van der Waals surface area contributed by atoms with Crippen LogP contribution in [0.3, 0.4) is 0 Å². The molecule has 19 heavy (non-hydrogen) atoms. The molecule has 0 amide bonds. The lowest BCUT2D eigenvalue weighted by atomic mass is 10.0. The van der Waals surface area contributed by atoms with Crippen molar-refractivity contribution in [2.24, 2.45) is 0 Å². The van der Waals surface area contributed by atoms with Crippen LogP contribution in [0.4, 0.5) is 17.6 Å². The fraction of sp³-hybridized carbons (Fsp3) is 0.167. The van der Waals surface area contributed by atoms with Gasteiger partial charge in [0, 0.05) is 5.56 Å². The van der Waals surface area contributed by atoms with Gasteiger partial charge in [-0.2, -0.15) is 13.2 Å². The molecule has 0 radical (unpaired) electrons. The molecule has 7 heteroatoms. The van der Waals surface area contributed by atoms with Crippen LogP contribution in [0, 0.1) is 5.82 Å². The molecule has 1 aromatic carbocycles. The number of rotatable bonds is 2. The molecule has 1 N–H and O–H groups in total. The molecule has 0 spiro atoms. The van der Waals surface area contributed by atoms with Gasteiger partial charge in [0.25, 0.3) is 0 Å². The molecule has 2 nitrogen and oxygen atoms in total. The van der Waals surface area contributed by atoms with Gasteiger partial charge in [0.2, 0.25) is 0 Å². The first kappa shape index (κ1) is 13.9. The van der Waals surface area contributed by atoms with Crippen molar-refractivity contribution in [2.75, 3.05) is 0 Å². The molecule has 0 aliphatic heterocycles. The quantitative estimate of drug-likeness (QED) is 0.843. The SMILES string of the molecule is OC(c1ccc(C(F)(F)F)c(F)c1)c1ccoc1Cl. The number of halogens is 5. The van der Waals surface area contributed by atoms with Crippen molar-refractivity contribution in [2.45, 2.75) is 12.3 Å². The maximum Gasteiger partial charge on any atom is 0.419 e. The number of hydrogen-bond acceptors (Lipinski definition) is 2. The van der Waals surface area contributed by atoms with Crippen LogP contribution in [0.2, 0.25) is 5.22 Å². The highest BCUT2D eigenvalue weighted by Gasteiger charge is 2.34. The summed E-state index contributed by atoms with van der Waals surface area (Å²) in [6, 6.07) is 3.53. The summed E-state index contributed by atoms with van der Waals surface area (Å²) in [7, 11) is 0. The van der Waals surface area contributed by atoms with Gasteiger partial charge >= 0.3 is 6.18 Å². The Hall–Kier alpha value is -1.53. The smallest absolute Gasteiger partial charge is 0.419 e. The fourth-order valence-electron chi connectivity index (χ4n) is 1.61. The number of hydrogen-bond donors (Lipinski definition) is 1. The van der Waals surface area contributed by atoms with Gasteiger partial charge in [0.1, 0.15) is 11.9 Å². The summed E-state index contributed by atoms with van der Waals surface area (Å²) in [5, 5.41) is 9.78. The van der Waals surface area contributed by atoms with E-state index in [1.165, 1.54) is 12.3 Å². The number of aliphatic hydroxyl groups is 1. The van der Waals surface area contributed by atoms with E-state index in [9.17, 15) is 22.7 Å². The van der Waals surface area contributed by atoms with Crippen molar-refractivity contribution in [1.82, 2.24) is 0 Å². The first-order chi connectivity index (χ1) is 8.80. The molecular weight excluding hydrogens is 288 g/mol. The highest BCUT2D eigenvalue weighted by Crippen LogP contribution is 2.34. The first-order valence-electron chi connectivity index (χ1n) is 5.08. The molecule has 0 aliphatic rings. The summed E-state index contributed by atoms with van der Waals surface area (Å²) in [6.07, 6.45) is -4.93. The zero-order valence-corrected chi connectivity index (χ0v) is 9.97. The molecule has 1 atom stereocenters. The third-order valence-corrected chi connectivity index (χ3v) is 2.86. The summed E-state index contributed by atoms with van der Waals surface area (Å²) in [5.41, 5.74) is -1.28. The minimum atomic E-state index is -4.78. The van der Waals surface area contributed by atoms with Crippen LogP contribution in [0.1, 0.15) is 22.8 Å². The largest absolute Gasteiger partial charge is 0.453 e. The Labute approximate surface area is 110 Å². The van der Waals surface area contributed by atoms with E-state index >= 15 is 0 Å². The van der Waals surface area contributed by atoms with Gasteiger partial charge < -0.3 is 9.52 Å². The van der Waals surface area contributed by atoms with Crippen LogP contribution in [0.5, 0.6) is 0 Å². The zero-order chi connectivity index (χ0) is 14.2. The molecule has 0 fully saturated rings. The molecule has 0 aliphatic carbocycles. The Morgan fingerprint density at radius 1 is 1.21 bits per heavy atom. The van der Waals surface area contributed by atoms with Crippen molar-refractivity contribution in [3.05, 3.63) is 58.3 Å². The minimum absolute atomic E-state index is 0.0474. The molecule has 2 aromatic rings. The molecule has 2 rings (SSSR count). The minimum Gasteiger partial charge on any atom is -0.453 e. The highest BCUT2D eigenvalue weighted by atomic mass is 35.5. The van der Waals surface area contributed by atoms with Gasteiger partial charge in [-0.15, -0.1) is 0 Å². The molecule has 1 heterocycles. The number of benzene rings is 1. The van der Waals surface area contributed by atoms with E-state index in [1.54, 1.807) is 0 Å². The topological polar surface area (TPSA) is 33.4 Å². The summed E-state index contributed by atoms with van der Waals surface area (Å²) in [5.74, 6) is -1.45. The molecule has 0 saturated heterocycles. The third-order valence-electron chi connectivity index (χ3n) is 2.55. The van der Waals surface area contributed by atoms with Crippen molar-refractivity contribution in [3.8, 4) is 0 Å². The van der Waals surface area contributed by atoms with E-state index in [1.807, 2.05) is 0 Å². The predicted octanol–water partition coefficient (Wildman–Crippen LogP) is 4.17. The average Bonchev–Trinajstić information content (AvgIpc) is 2.72. The lowest BCUT2D eigenvalue weighted by Crippen LogP contribution is -2.09. The zero-order valence-electron chi connectivity index (χ0n) is 9.21. The molecule has 1 unspecified atom stereocenters. The Kier molecular flexibility index (Phi) is 3.56. The van der Waals surface area contributed by atoms with E-state index in [0.29, 0.717) is 12.1 Å². The number of furan rings is 1. The van der Waals surface area contributed by atoms with Gasteiger partial charge in [-0.1, -0.05) is 6.07 Å². The van der Waals surface area contributed by atoms with Crippen LogP contribution in [0.15, 0.2) is 34.9 Å². The third kappa shape index (κ3) is 2.74. The van der Waals surface area contributed by atoms with Crippen molar-refractivity contribution in [3.63, 3.8) is 0 Å². The summed E-state index contributed by atoms with van der Waals surface area (Å²) in [4.78, 5) is 0. The van der Waals surface area contributed by atoms with Crippen molar-refractivity contribution in [1.29, 1.82) is 0 Å². The summed E-state index contributed by atoms with van der Waals surface area (Å²) >= 11 is 5.63. The van der Waals surface area contributed by atoms with Crippen LogP contribution in [-0.4, -0.2) is 5.11 Å². The van der Waals surface area contributed by atoms with E-state index < -0.39 is 23.7 Å². The Morgan fingerprint density at radius 2 is 1.89 bits per heavy atom. The van der Waals surface area contributed by atoms with Gasteiger partial charge in [-0.3, -0.25) is 0 Å². The normalized spacial score (nSPS) is 13.6. The van der Waals surface area contributed by atoms with E-state index in [2.05, 4.69) is 0 Å². The number of aliphatic hydroxyl groups excluding tert-OH is 1. The summed E-state index contributed by atoms with van der Waals surface area (Å²) < 4.78 is 55.2. The standard InChI is InChI=1S/C12H7ClF4O2/c13-11-7(3-4-19-11)10(18)6-1-2-8(9(14)5-6)12(15,16)17/h1-5,10,18H. The van der Waals surface area contributed by atoms with Crippen LogP contribution >= 0.6 is 11.6 Å². The predicted molar refractivity (Wildman–Crippen MR) is 59.2 cm³/mol. The molecule has 0 bridgehead atoms. The highest BCUT2D eigenvalue weighted by molar-refractivity contribution is 6.29. The van der Waals surface area contributed by atoms with Gasteiger partial charge in [-0.05, 0) is 35.4 Å². The Bertz CT molecular complexity index is 592. The van der Waals surface area contributed by atoms with Crippen molar-refractivity contribution < 1.29 is 27.1 Å². The first-order valence-corrected chi connectivity index (χ1v) is 5.46. The van der Waals surface area contributed by atoms with Crippen LogP contribution in [-0.2, 0) is 6.18 Å². The molecular formula is C12H7ClF4O2. The van der Waals surface area contributed by atoms with E-state index in [0.717, 1.165) is 6.07 Å². The average molecular weight is 295 g/mol. The molecule has 102 valence electrons. The molecule has 0 saturated carbocycles. The van der Waals surface area contributed by atoms with Crippen LogP contribution in [0.25, 0.3) is 0 Å². The van der Waals surface area contributed by atoms with Gasteiger partial charge in [-0.25, -0.2) is 4.39 Å². The second kappa shape index (κ2) is 4.86. The van der Waals surface area contributed by atoms with Gasteiger partial charge in [0.15, 0.2) is 5.22 Å². The van der Waals surface area contributed by atoms with Gasteiger partial charge in [0.05, 0.1) is 11.8 Å². The lowest BCUT2D eigenvalue weighted by Gasteiger charge is -2.13. The maximum absolute atomic E-state index is 13.4. The second-order valence-corrected chi connectivity index (χ2v) is 4.13. The van der Waals surface area contributed by atoms with Crippen LogP contribution < -0.4 is 0 Å². The van der Waals surface area contributed by atoms with E-state index in [-0.39, 0.29) is 16.3 Å².